The summed E-state index contributed by atoms with van der Waals surface area (Å²) in [4.78, 5) is 0. The van der Waals surface area contributed by atoms with Crippen LogP contribution in [0, 0.1) is 5.92 Å². The first kappa shape index (κ1) is 33.5. The van der Waals surface area contributed by atoms with Gasteiger partial charge in [0.15, 0.2) is 0 Å². The topological polar surface area (TPSA) is 0 Å². The molecule has 2 atom stereocenters. The first-order valence-corrected chi connectivity index (χ1v) is 10.2. The summed E-state index contributed by atoms with van der Waals surface area (Å²) < 4.78 is 224. The van der Waals surface area contributed by atoms with Crippen LogP contribution < -0.4 is 0 Å². The SMILES string of the molecule is CCCCCC(I)C(C)C(F)(F)C(F)(F)C(F)(F)C(F)(F)C(F)(F)C(F)(F)C(F)(F)C(F)(F)F. The van der Waals surface area contributed by atoms with Crippen molar-refractivity contribution < 1.29 is 74.6 Å². The monoisotopic (exact) mass is 658 g/mol. The first-order chi connectivity index (χ1) is 14.6. The lowest BCUT2D eigenvalue weighted by molar-refractivity contribution is -0.463. The van der Waals surface area contributed by atoms with Crippen molar-refractivity contribution in [2.45, 2.75) is 91.1 Å². The zero-order chi connectivity index (χ0) is 28.0. The summed E-state index contributed by atoms with van der Waals surface area (Å²) in [6, 6.07) is 0. The minimum atomic E-state index is -8.59. The maximum atomic E-state index is 14.2. The van der Waals surface area contributed by atoms with Crippen LogP contribution in [0.5, 0.6) is 0 Å². The second-order valence-corrected chi connectivity index (χ2v) is 8.97. The second kappa shape index (κ2) is 9.78. The minimum Gasteiger partial charge on any atom is -0.199 e. The van der Waals surface area contributed by atoms with Crippen molar-refractivity contribution in [3.8, 4) is 0 Å². The molecule has 18 heteroatoms. The van der Waals surface area contributed by atoms with Crippen LogP contribution in [-0.4, -0.2) is 51.6 Å². The van der Waals surface area contributed by atoms with E-state index in [1.165, 1.54) is 0 Å². The van der Waals surface area contributed by atoms with Gasteiger partial charge in [-0.1, -0.05) is 55.7 Å². The molecule has 0 bridgehead atoms. The molecule has 0 aromatic rings. The Morgan fingerprint density at radius 1 is 0.529 bits per heavy atom. The van der Waals surface area contributed by atoms with Crippen molar-refractivity contribution in [3.05, 3.63) is 0 Å². The largest absolute Gasteiger partial charge is 0.460 e. The predicted octanol–water partition coefficient (Wildman–Crippen LogP) is 9.02. The maximum absolute atomic E-state index is 14.2. The molecule has 0 aliphatic heterocycles. The molecule has 0 aliphatic rings. The average Bonchev–Trinajstić information content (AvgIpc) is 2.65. The normalized spacial score (nSPS) is 17.6. The quantitative estimate of drug-likeness (QED) is 0.0851. The van der Waals surface area contributed by atoms with Gasteiger partial charge in [0.1, 0.15) is 0 Å². The van der Waals surface area contributed by atoms with Crippen LogP contribution in [0.25, 0.3) is 0 Å². The van der Waals surface area contributed by atoms with Gasteiger partial charge in [-0.3, -0.25) is 0 Å². The molecular weight excluding hydrogens is 642 g/mol. The molecule has 0 spiro atoms. The van der Waals surface area contributed by atoms with Gasteiger partial charge in [0, 0.05) is 9.84 Å². The summed E-state index contributed by atoms with van der Waals surface area (Å²) in [6.07, 6.45) is -7.33. The van der Waals surface area contributed by atoms with Crippen LogP contribution in [0.2, 0.25) is 0 Å². The van der Waals surface area contributed by atoms with Crippen molar-refractivity contribution >= 4 is 22.6 Å². The van der Waals surface area contributed by atoms with Crippen molar-refractivity contribution in [1.29, 1.82) is 0 Å². The zero-order valence-corrected chi connectivity index (χ0v) is 18.9. The molecule has 0 aromatic heterocycles. The van der Waals surface area contributed by atoms with Crippen molar-refractivity contribution in [1.82, 2.24) is 0 Å². The van der Waals surface area contributed by atoms with Gasteiger partial charge >= 0.3 is 47.6 Å². The van der Waals surface area contributed by atoms with Crippen LogP contribution in [0.3, 0.4) is 0 Å². The Morgan fingerprint density at radius 2 is 0.853 bits per heavy atom. The first-order valence-electron chi connectivity index (χ1n) is 9.00. The van der Waals surface area contributed by atoms with E-state index < -0.39 is 63.9 Å². The highest BCUT2D eigenvalue weighted by Gasteiger charge is 2.95. The van der Waals surface area contributed by atoms with E-state index in [4.69, 9.17) is 0 Å². The summed E-state index contributed by atoms with van der Waals surface area (Å²) in [6.45, 7) is 1.73. The molecule has 0 aromatic carbocycles. The molecule has 0 saturated carbocycles. The zero-order valence-electron chi connectivity index (χ0n) is 16.8. The fourth-order valence-corrected chi connectivity index (χ4v) is 3.42. The molecule has 0 fully saturated rings. The van der Waals surface area contributed by atoms with Crippen LogP contribution in [0.15, 0.2) is 0 Å². The fourth-order valence-electron chi connectivity index (χ4n) is 2.53. The van der Waals surface area contributed by atoms with E-state index in [-0.39, 0.29) is 13.3 Å². The Morgan fingerprint density at radius 3 is 1.18 bits per heavy atom. The molecule has 0 heterocycles. The van der Waals surface area contributed by atoms with E-state index in [0.29, 0.717) is 12.8 Å². The summed E-state index contributed by atoms with van der Waals surface area (Å²) in [5, 5.41) is 0. The average molecular weight is 658 g/mol. The fraction of sp³-hybridized carbons (Fsp3) is 1.00. The molecule has 0 radical (unpaired) electrons. The summed E-state index contributed by atoms with van der Waals surface area (Å²) in [7, 11) is 0. The van der Waals surface area contributed by atoms with Gasteiger partial charge in [-0.15, -0.1) is 0 Å². The molecular formula is C16H16F17I. The number of hydrogen-bond donors (Lipinski definition) is 0. The van der Waals surface area contributed by atoms with Gasteiger partial charge in [-0.2, -0.15) is 74.6 Å². The van der Waals surface area contributed by atoms with Gasteiger partial charge in [0.05, 0.1) is 0 Å². The van der Waals surface area contributed by atoms with Crippen molar-refractivity contribution in [2.75, 3.05) is 0 Å². The van der Waals surface area contributed by atoms with E-state index in [0.717, 1.165) is 22.6 Å². The highest BCUT2D eigenvalue weighted by atomic mass is 127. The second-order valence-electron chi connectivity index (χ2n) is 7.37. The molecule has 34 heavy (non-hydrogen) atoms. The molecule has 206 valence electrons. The molecule has 0 aliphatic carbocycles. The number of halogens is 18. The Labute approximate surface area is 194 Å². The van der Waals surface area contributed by atoms with E-state index in [1.54, 1.807) is 6.92 Å². The van der Waals surface area contributed by atoms with Crippen molar-refractivity contribution in [2.24, 2.45) is 5.92 Å². The number of rotatable bonds is 12. The molecule has 2 unspecified atom stereocenters. The van der Waals surface area contributed by atoms with E-state index >= 15 is 0 Å². The van der Waals surface area contributed by atoms with Gasteiger partial charge < -0.3 is 0 Å². The van der Waals surface area contributed by atoms with E-state index in [1.807, 2.05) is 0 Å². The summed E-state index contributed by atoms with van der Waals surface area (Å²) in [5.74, 6) is -58.9. The van der Waals surface area contributed by atoms with Crippen LogP contribution in [-0.2, 0) is 0 Å². The third-order valence-corrected chi connectivity index (χ3v) is 6.65. The van der Waals surface area contributed by atoms with Crippen molar-refractivity contribution in [3.63, 3.8) is 0 Å². The molecule has 0 nitrogen and oxygen atoms in total. The minimum absolute atomic E-state index is 0.0411. The molecule has 0 rings (SSSR count). The van der Waals surface area contributed by atoms with Crippen LogP contribution in [0.1, 0.15) is 39.5 Å². The van der Waals surface area contributed by atoms with Crippen LogP contribution >= 0.6 is 22.6 Å². The van der Waals surface area contributed by atoms with Gasteiger partial charge in [0.25, 0.3) is 0 Å². The lowest BCUT2D eigenvalue weighted by atomic mass is 9.84. The number of hydrogen-bond acceptors (Lipinski definition) is 0. The summed E-state index contributed by atoms with van der Waals surface area (Å²) in [5.41, 5.74) is 0. The molecule has 0 N–H and O–H groups in total. The van der Waals surface area contributed by atoms with Gasteiger partial charge in [0.2, 0.25) is 0 Å². The number of alkyl halides is 18. The highest BCUT2D eigenvalue weighted by Crippen LogP contribution is 2.64. The Balaban J connectivity index is 6.55. The van der Waals surface area contributed by atoms with E-state index in [2.05, 4.69) is 0 Å². The lowest BCUT2D eigenvalue weighted by Gasteiger charge is -2.44. The van der Waals surface area contributed by atoms with Gasteiger partial charge in [-0.05, 0) is 6.42 Å². The number of unbranched alkanes of at least 4 members (excludes halogenated alkanes) is 2. The summed E-state index contributed by atoms with van der Waals surface area (Å²) >= 11 is 1.03. The van der Waals surface area contributed by atoms with Gasteiger partial charge in [-0.25, -0.2) is 0 Å². The standard InChI is InChI=1S/C16H16F17I/c1-3-4-5-6-8(34)7(2)9(17,18)10(19,20)11(21,22)12(23,24)13(25,26)14(27,28)15(29,30)16(31,32)33/h7-8H,3-6H2,1-2H3. The smallest absolute Gasteiger partial charge is 0.199 e. The third kappa shape index (κ3) is 4.89. The Bertz CT molecular complexity index is 682. The predicted molar refractivity (Wildman–Crippen MR) is 91.8 cm³/mol. The highest BCUT2D eigenvalue weighted by molar-refractivity contribution is 14.1. The van der Waals surface area contributed by atoms with E-state index in [9.17, 15) is 74.6 Å². The van der Waals surface area contributed by atoms with Crippen LogP contribution in [0.4, 0.5) is 74.6 Å². The molecule has 0 amide bonds. The third-order valence-electron chi connectivity index (χ3n) is 4.94. The maximum Gasteiger partial charge on any atom is 0.460 e. The Hall–Kier alpha value is -0.460. The Kier molecular flexibility index (Phi) is 9.64. The molecule has 0 saturated heterocycles. The lowest BCUT2D eigenvalue weighted by Crippen LogP contribution is -2.75.